The molecule has 2 nitrogen and oxygen atoms in total. The number of rotatable bonds is 5. The Morgan fingerprint density at radius 2 is 1.18 bits per heavy atom. The second-order valence-electron chi connectivity index (χ2n) is 16.6. The van der Waals surface area contributed by atoms with Gasteiger partial charge in [0.2, 0.25) is 0 Å². The number of hydrogen-bond donors (Lipinski definition) is 0. The van der Waals surface area contributed by atoms with E-state index in [1.165, 1.54) is 49.7 Å². The number of fused-ring (bicyclic) bond motifs is 7. The molecule has 2 heteroatoms. The number of anilines is 3. The number of para-hydroxylation sites is 2. The molecule has 0 radical (unpaired) electrons. The van der Waals surface area contributed by atoms with Crippen LogP contribution in [0.3, 0.4) is 0 Å². The van der Waals surface area contributed by atoms with Crippen LogP contribution in [0.2, 0.25) is 0 Å². The quantitative estimate of drug-likeness (QED) is 0.177. The van der Waals surface area contributed by atoms with Gasteiger partial charge in [-0.2, -0.15) is 0 Å². The van der Waals surface area contributed by atoms with E-state index < -0.39 is 0 Å². The number of benzene rings is 8. The van der Waals surface area contributed by atoms with Crippen LogP contribution in [-0.2, 0) is 10.8 Å². The largest absolute Gasteiger partial charge is 0.455 e. The molecule has 1 aliphatic carbocycles. The highest BCUT2D eigenvalue weighted by atomic mass is 16.3. The van der Waals surface area contributed by atoms with Crippen molar-refractivity contribution in [1.82, 2.24) is 0 Å². The van der Waals surface area contributed by atoms with E-state index in [4.69, 9.17) is 4.42 Å². The first-order valence-corrected chi connectivity index (χ1v) is 19.3. The molecular formula is C53H43NO. The van der Waals surface area contributed by atoms with Crippen LogP contribution in [0.4, 0.5) is 17.1 Å². The summed E-state index contributed by atoms with van der Waals surface area (Å²) in [6.45, 7) is 11.6. The Labute approximate surface area is 323 Å². The van der Waals surface area contributed by atoms with E-state index in [0.717, 1.165) is 50.1 Å². The van der Waals surface area contributed by atoms with Crippen molar-refractivity contribution in [3.63, 3.8) is 0 Å². The van der Waals surface area contributed by atoms with Gasteiger partial charge in [0.1, 0.15) is 11.2 Å². The molecule has 55 heavy (non-hydrogen) atoms. The maximum atomic E-state index is 6.74. The van der Waals surface area contributed by atoms with Crippen molar-refractivity contribution >= 4 is 49.8 Å². The summed E-state index contributed by atoms with van der Waals surface area (Å²) in [4.78, 5) is 2.46. The summed E-state index contributed by atoms with van der Waals surface area (Å²) in [6.07, 6.45) is 0. The van der Waals surface area contributed by atoms with Gasteiger partial charge >= 0.3 is 0 Å². The third-order valence-corrected chi connectivity index (χ3v) is 11.8. The molecule has 9 aromatic rings. The molecule has 1 aliphatic rings. The number of hydrogen-bond acceptors (Lipinski definition) is 2. The summed E-state index contributed by atoms with van der Waals surface area (Å²) >= 11 is 0. The van der Waals surface area contributed by atoms with Gasteiger partial charge in [-0.3, -0.25) is 0 Å². The minimum Gasteiger partial charge on any atom is -0.455 e. The number of furan rings is 1. The van der Waals surface area contributed by atoms with Crippen LogP contribution in [0, 0.1) is 0 Å². The zero-order chi connectivity index (χ0) is 37.5. The highest BCUT2D eigenvalue weighted by Crippen LogP contribution is 2.53. The molecule has 0 bridgehead atoms. The molecule has 266 valence electrons. The molecule has 0 saturated carbocycles. The molecule has 0 aliphatic heterocycles. The van der Waals surface area contributed by atoms with Gasteiger partial charge in [0.25, 0.3) is 0 Å². The van der Waals surface area contributed by atoms with Crippen LogP contribution in [0.5, 0.6) is 0 Å². The zero-order valence-corrected chi connectivity index (χ0v) is 32.0. The van der Waals surface area contributed by atoms with E-state index in [-0.39, 0.29) is 10.8 Å². The molecule has 1 aromatic heterocycles. The topological polar surface area (TPSA) is 16.4 Å². The lowest BCUT2D eigenvalue weighted by atomic mass is 9.80. The molecule has 0 amide bonds. The lowest BCUT2D eigenvalue weighted by molar-refractivity contribution is 0.589. The summed E-state index contributed by atoms with van der Waals surface area (Å²) in [5.74, 6) is 0. The Hall–Kier alpha value is -6.38. The average Bonchev–Trinajstić information content (AvgIpc) is 3.70. The van der Waals surface area contributed by atoms with E-state index >= 15 is 0 Å². The van der Waals surface area contributed by atoms with Gasteiger partial charge in [-0.1, -0.05) is 168 Å². The van der Waals surface area contributed by atoms with Crippen LogP contribution in [0.1, 0.15) is 51.3 Å². The monoisotopic (exact) mass is 709 g/mol. The zero-order valence-electron chi connectivity index (χ0n) is 32.0. The van der Waals surface area contributed by atoms with Crippen molar-refractivity contribution in [2.75, 3.05) is 4.90 Å². The Morgan fingerprint density at radius 1 is 0.491 bits per heavy atom. The third-order valence-electron chi connectivity index (χ3n) is 11.8. The summed E-state index contributed by atoms with van der Waals surface area (Å²) in [6, 6.07) is 62.1. The highest BCUT2D eigenvalue weighted by molar-refractivity contribution is 6.15. The van der Waals surface area contributed by atoms with E-state index in [0.29, 0.717) is 0 Å². The van der Waals surface area contributed by atoms with E-state index in [1.807, 2.05) is 6.07 Å². The van der Waals surface area contributed by atoms with E-state index in [1.54, 1.807) is 0 Å². The lowest BCUT2D eigenvalue weighted by Crippen LogP contribution is -2.17. The van der Waals surface area contributed by atoms with Gasteiger partial charge in [0.05, 0.1) is 5.69 Å². The Bertz CT molecular complexity index is 2920. The Kier molecular flexibility index (Phi) is 7.44. The van der Waals surface area contributed by atoms with E-state index in [9.17, 15) is 0 Å². The molecule has 0 fully saturated rings. The SMILES string of the molecule is CC(C)(C)c1ccc2c(c1)-c1ccc(N(c3ccc(-c4ccccc4)cc3)c3ccc4ccccc4c3-c3cccc4c3oc3ccccc34)cc1C2(C)C. The molecule has 1 heterocycles. The predicted octanol–water partition coefficient (Wildman–Crippen LogP) is 15.1. The molecule has 0 spiro atoms. The molecule has 0 unspecified atom stereocenters. The fraction of sp³-hybridized carbons (Fsp3) is 0.132. The van der Waals surface area contributed by atoms with Gasteiger partial charge in [-0.25, -0.2) is 0 Å². The molecule has 0 saturated heterocycles. The first kappa shape index (κ1) is 33.2. The van der Waals surface area contributed by atoms with Crippen molar-refractivity contribution in [1.29, 1.82) is 0 Å². The van der Waals surface area contributed by atoms with Crippen molar-refractivity contribution < 1.29 is 4.42 Å². The van der Waals surface area contributed by atoms with Crippen LogP contribution < -0.4 is 4.90 Å². The van der Waals surface area contributed by atoms with Crippen LogP contribution in [0.15, 0.2) is 174 Å². The minimum absolute atomic E-state index is 0.0692. The van der Waals surface area contributed by atoms with E-state index in [2.05, 4.69) is 203 Å². The van der Waals surface area contributed by atoms with Crippen molar-refractivity contribution in [2.45, 2.75) is 45.4 Å². The second-order valence-corrected chi connectivity index (χ2v) is 16.6. The molecular weight excluding hydrogens is 667 g/mol. The maximum Gasteiger partial charge on any atom is 0.143 e. The maximum absolute atomic E-state index is 6.74. The highest BCUT2D eigenvalue weighted by Gasteiger charge is 2.37. The third kappa shape index (κ3) is 5.31. The lowest BCUT2D eigenvalue weighted by Gasteiger charge is -2.30. The van der Waals surface area contributed by atoms with Gasteiger partial charge in [0.15, 0.2) is 0 Å². The average molecular weight is 710 g/mol. The predicted molar refractivity (Wildman–Crippen MR) is 233 cm³/mol. The first-order valence-electron chi connectivity index (χ1n) is 19.3. The summed E-state index contributed by atoms with van der Waals surface area (Å²) < 4.78 is 6.74. The molecule has 8 aromatic carbocycles. The minimum atomic E-state index is -0.161. The fourth-order valence-corrected chi connectivity index (χ4v) is 8.88. The normalized spacial score (nSPS) is 13.3. The standard InChI is InChI=1S/C53H43NO/c1-52(2,3)37-25-30-46-45(32-37)41-29-28-39(33-47(41)53(46,4)5)54(38-26-22-35(23-27-38)34-14-7-6-8-15-34)48-31-24-36-16-9-10-17-40(36)50(48)44-20-13-19-43-42-18-11-12-21-49(42)55-51(43)44/h6-33H,1-5H3. The van der Waals surface area contributed by atoms with Crippen LogP contribution in [-0.4, -0.2) is 0 Å². The van der Waals surface area contributed by atoms with Gasteiger partial charge < -0.3 is 9.32 Å². The van der Waals surface area contributed by atoms with Gasteiger partial charge in [-0.15, -0.1) is 0 Å². The smallest absolute Gasteiger partial charge is 0.143 e. The summed E-state index contributed by atoms with van der Waals surface area (Å²) in [5, 5.41) is 4.62. The molecule has 0 atom stereocenters. The van der Waals surface area contributed by atoms with Gasteiger partial charge in [-0.05, 0) is 91.5 Å². The van der Waals surface area contributed by atoms with Crippen LogP contribution in [0.25, 0.3) is 66.1 Å². The first-order chi connectivity index (χ1) is 26.7. The summed E-state index contributed by atoms with van der Waals surface area (Å²) in [7, 11) is 0. The summed E-state index contributed by atoms with van der Waals surface area (Å²) in [5.41, 5.74) is 16.4. The number of nitrogens with zero attached hydrogens (tertiary/aromatic N) is 1. The fourth-order valence-electron chi connectivity index (χ4n) is 8.88. The Morgan fingerprint density at radius 3 is 1.98 bits per heavy atom. The molecule has 0 N–H and O–H groups in total. The van der Waals surface area contributed by atoms with Crippen molar-refractivity contribution in [3.8, 4) is 33.4 Å². The second kappa shape index (κ2) is 12.3. The van der Waals surface area contributed by atoms with Gasteiger partial charge in [0, 0.05) is 38.7 Å². The van der Waals surface area contributed by atoms with Crippen molar-refractivity contribution in [2.24, 2.45) is 0 Å². The van der Waals surface area contributed by atoms with Crippen LogP contribution >= 0.6 is 0 Å². The Balaban J connectivity index is 1.24. The molecule has 10 rings (SSSR count). The van der Waals surface area contributed by atoms with Crippen molar-refractivity contribution in [3.05, 3.63) is 187 Å².